The Morgan fingerprint density at radius 1 is 1.03 bits per heavy atom. The van der Waals surface area contributed by atoms with Gasteiger partial charge in [0.1, 0.15) is 6.61 Å². The Balaban J connectivity index is 2.16. The fourth-order valence-corrected chi connectivity index (χ4v) is 3.50. The number of rotatable bonds is 7. The molecule has 1 aliphatic carbocycles. The summed E-state index contributed by atoms with van der Waals surface area (Å²) in [6, 6.07) is 8.96. The number of carbonyl (C=O) groups excluding carboxylic acids is 2. The second-order valence-corrected chi connectivity index (χ2v) is 7.51. The largest absolute Gasteiger partial charge is 0.493 e. The van der Waals surface area contributed by atoms with Crippen LogP contribution in [0, 0.1) is 5.41 Å². The molecule has 29 heavy (non-hydrogen) atoms. The van der Waals surface area contributed by atoms with Gasteiger partial charge in [0.05, 0.1) is 29.4 Å². The number of Topliss-reactive ketones (excluding diaryl/α,β-unsaturated/α-hetero) is 1. The molecule has 6 nitrogen and oxygen atoms in total. The number of methoxy groups -OCH3 is 3. The molecular weight excluding hydrogens is 372 g/mol. The fourth-order valence-electron chi connectivity index (χ4n) is 3.50. The van der Waals surface area contributed by atoms with Crippen molar-refractivity contribution in [2.24, 2.45) is 5.41 Å². The molecule has 1 aliphatic rings. The van der Waals surface area contributed by atoms with Gasteiger partial charge in [0, 0.05) is 17.5 Å². The van der Waals surface area contributed by atoms with Crippen LogP contribution < -0.4 is 14.2 Å². The van der Waals surface area contributed by atoms with Gasteiger partial charge in [-0.05, 0) is 43.5 Å². The van der Waals surface area contributed by atoms with Crippen molar-refractivity contribution < 1.29 is 31.3 Å². The van der Waals surface area contributed by atoms with Crippen molar-refractivity contribution in [3.8, 4) is 28.4 Å². The number of esters is 1. The summed E-state index contributed by atoms with van der Waals surface area (Å²) in [5, 5.41) is 0. The zero-order chi connectivity index (χ0) is 22.8. The summed E-state index contributed by atoms with van der Waals surface area (Å²) in [6.45, 7) is 3.34. The molecule has 0 aliphatic heterocycles. The molecule has 0 saturated carbocycles. The van der Waals surface area contributed by atoms with Crippen molar-refractivity contribution in [3.05, 3.63) is 41.5 Å². The number of ether oxygens (including phenoxy) is 4. The molecule has 0 fully saturated rings. The van der Waals surface area contributed by atoms with Crippen LogP contribution in [0.25, 0.3) is 11.1 Å². The average molecular weight is 400 g/mol. The predicted molar refractivity (Wildman–Crippen MR) is 109 cm³/mol. The third-order valence-electron chi connectivity index (χ3n) is 5.10. The molecule has 0 unspecified atom stereocenters. The van der Waals surface area contributed by atoms with E-state index in [0.29, 0.717) is 29.7 Å². The Kier molecular flexibility index (Phi) is 5.07. The van der Waals surface area contributed by atoms with E-state index in [0.717, 1.165) is 11.1 Å². The second kappa shape index (κ2) is 8.15. The molecule has 6 heteroatoms. The van der Waals surface area contributed by atoms with E-state index >= 15 is 0 Å². The van der Waals surface area contributed by atoms with E-state index < -0.39 is 18.4 Å². The summed E-state index contributed by atoms with van der Waals surface area (Å²) in [7, 11) is 1.14. The monoisotopic (exact) mass is 400 g/mol. The van der Waals surface area contributed by atoms with Crippen LogP contribution in [0.2, 0.25) is 0 Å². The minimum absolute atomic E-state index is 0.0369. The number of benzene rings is 2. The molecule has 3 rings (SSSR count). The highest BCUT2D eigenvalue weighted by Crippen LogP contribution is 2.47. The van der Waals surface area contributed by atoms with Gasteiger partial charge >= 0.3 is 5.97 Å². The van der Waals surface area contributed by atoms with Gasteiger partial charge in [0.15, 0.2) is 17.3 Å². The fraction of sp³-hybridized carbons (Fsp3) is 0.391. The standard InChI is InChI=1S/C23H26O6/c1-23(2,22(25)28-5)13-29-20-17(10-12-19(26-3)21(20)27-4)14-7-6-8-16-15(14)9-11-18(16)24/h6-8,10,12H,9,11,13H2,1-5H3/i4D2. The summed E-state index contributed by atoms with van der Waals surface area (Å²) in [6.07, 6.45) is 1.05. The summed E-state index contributed by atoms with van der Waals surface area (Å²) >= 11 is 0. The molecule has 0 saturated heterocycles. The molecule has 0 N–H and O–H groups in total. The van der Waals surface area contributed by atoms with Crippen LogP contribution in [0.5, 0.6) is 17.2 Å². The normalized spacial score (nSPS) is 14.2. The van der Waals surface area contributed by atoms with E-state index in [-0.39, 0.29) is 23.9 Å². The first kappa shape index (κ1) is 18.0. The molecule has 0 radical (unpaired) electrons. The van der Waals surface area contributed by atoms with Gasteiger partial charge in [-0.3, -0.25) is 9.59 Å². The van der Waals surface area contributed by atoms with Crippen LogP contribution in [-0.2, 0) is 16.0 Å². The van der Waals surface area contributed by atoms with Gasteiger partial charge in [-0.15, -0.1) is 0 Å². The Labute approximate surface area is 173 Å². The van der Waals surface area contributed by atoms with Crippen LogP contribution in [0.4, 0.5) is 0 Å². The van der Waals surface area contributed by atoms with Crippen LogP contribution >= 0.6 is 0 Å². The van der Waals surface area contributed by atoms with E-state index in [2.05, 4.69) is 0 Å². The quantitative estimate of drug-likeness (QED) is 0.652. The summed E-state index contributed by atoms with van der Waals surface area (Å²) in [5.41, 5.74) is 2.06. The van der Waals surface area contributed by atoms with Gasteiger partial charge in [-0.1, -0.05) is 18.2 Å². The molecule has 0 aromatic heterocycles. The second-order valence-electron chi connectivity index (χ2n) is 7.51. The highest BCUT2D eigenvalue weighted by molar-refractivity contribution is 6.02. The first-order valence-corrected chi connectivity index (χ1v) is 9.28. The average Bonchev–Trinajstić information content (AvgIpc) is 3.12. The minimum atomic E-state index is -1.62. The Bertz CT molecular complexity index is 1000. The van der Waals surface area contributed by atoms with Crippen LogP contribution in [-0.4, -0.2) is 39.6 Å². The maximum atomic E-state index is 12.2. The van der Waals surface area contributed by atoms with Gasteiger partial charge < -0.3 is 18.9 Å². The van der Waals surface area contributed by atoms with Crippen molar-refractivity contribution >= 4 is 11.8 Å². The molecule has 2 aromatic carbocycles. The van der Waals surface area contributed by atoms with Crippen LogP contribution in [0.15, 0.2) is 30.3 Å². The third kappa shape index (κ3) is 3.79. The first-order chi connectivity index (χ1) is 14.7. The zero-order valence-electron chi connectivity index (χ0n) is 19.0. The van der Waals surface area contributed by atoms with Crippen molar-refractivity contribution in [2.45, 2.75) is 26.7 Å². The van der Waals surface area contributed by atoms with E-state index in [1.165, 1.54) is 14.2 Å². The SMILES string of the molecule is [2H]C([2H])Oc1c(OC)ccc(-c2cccc3c2CCC3=O)c1OCC(C)(C)C(=O)OC. The molecule has 0 spiro atoms. The van der Waals surface area contributed by atoms with Crippen molar-refractivity contribution in [3.63, 3.8) is 0 Å². The van der Waals surface area contributed by atoms with Gasteiger partial charge in [-0.2, -0.15) is 0 Å². The maximum absolute atomic E-state index is 12.2. The lowest BCUT2D eigenvalue weighted by atomic mass is 9.94. The molecule has 0 amide bonds. The topological polar surface area (TPSA) is 71.1 Å². The molecule has 154 valence electrons. The number of ketones is 1. The van der Waals surface area contributed by atoms with E-state index in [1.54, 1.807) is 32.0 Å². The molecule has 0 bridgehead atoms. The number of carbonyl (C=O) groups is 2. The highest BCUT2D eigenvalue weighted by atomic mass is 16.5. The minimum Gasteiger partial charge on any atom is -0.493 e. The van der Waals surface area contributed by atoms with Crippen molar-refractivity contribution in [1.82, 2.24) is 0 Å². The Morgan fingerprint density at radius 3 is 2.48 bits per heavy atom. The zero-order valence-corrected chi connectivity index (χ0v) is 17.0. The molecule has 2 aromatic rings. The van der Waals surface area contributed by atoms with Gasteiger partial charge in [0.25, 0.3) is 0 Å². The highest BCUT2D eigenvalue weighted by Gasteiger charge is 2.32. The first-order valence-electron chi connectivity index (χ1n) is 10.4. The van der Waals surface area contributed by atoms with Gasteiger partial charge in [0.2, 0.25) is 5.75 Å². The predicted octanol–water partition coefficient (Wildman–Crippen LogP) is 4.08. The third-order valence-corrected chi connectivity index (χ3v) is 5.10. The number of fused-ring (bicyclic) bond motifs is 1. The lowest BCUT2D eigenvalue weighted by Gasteiger charge is -2.24. The summed E-state index contributed by atoms with van der Waals surface area (Å²) < 4.78 is 36.9. The van der Waals surface area contributed by atoms with E-state index in [4.69, 9.17) is 21.7 Å². The maximum Gasteiger partial charge on any atom is 0.314 e. The summed E-state index contributed by atoms with van der Waals surface area (Å²) in [5.74, 6) is 0.284. The van der Waals surface area contributed by atoms with Crippen LogP contribution in [0.1, 0.15) is 38.9 Å². The number of hydrogen-bond acceptors (Lipinski definition) is 6. The van der Waals surface area contributed by atoms with E-state index in [1.807, 2.05) is 12.1 Å². The van der Waals surface area contributed by atoms with Crippen LogP contribution in [0.3, 0.4) is 0 Å². The van der Waals surface area contributed by atoms with E-state index in [9.17, 15) is 9.59 Å². The number of hydrogen-bond donors (Lipinski definition) is 0. The molecule has 0 heterocycles. The lowest BCUT2D eigenvalue weighted by molar-refractivity contribution is -0.152. The van der Waals surface area contributed by atoms with Crippen molar-refractivity contribution in [2.75, 3.05) is 27.9 Å². The van der Waals surface area contributed by atoms with Crippen molar-refractivity contribution in [1.29, 1.82) is 0 Å². The molecule has 0 atom stereocenters. The summed E-state index contributed by atoms with van der Waals surface area (Å²) in [4.78, 5) is 24.4. The molecular formula is C23H26O6. The smallest absolute Gasteiger partial charge is 0.314 e. The Morgan fingerprint density at radius 2 is 1.79 bits per heavy atom. The van der Waals surface area contributed by atoms with Gasteiger partial charge in [-0.25, -0.2) is 0 Å². The Hall–Kier alpha value is -3.02. The lowest BCUT2D eigenvalue weighted by Crippen LogP contribution is -2.32.